The van der Waals surface area contributed by atoms with E-state index in [4.69, 9.17) is 9.73 Å². The summed E-state index contributed by atoms with van der Waals surface area (Å²) in [7, 11) is 1.52. The zero-order valence-corrected chi connectivity index (χ0v) is 15.9. The molecule has 152 valence electrons. The molecule has 1 atom stereocenters. The minimum Gasteiger partial charge on any atom is -0.497 e. The fraction of sp³-hybridized carbons (Fsp3) is 0.130. The lowest BCUT2D eigenvalue weighted by Crippen LogP contribution is -2.38. The van der Waals surface area contributed by atoms with Crippen LogP contribution in [0.5, 0.6) is 5.75 Å². The highest BCUT2D eigenvalue weighted by Crippen LogP contribution is 2.40. The van der Waals surface area contributed by atoms with Gasteiger partial charge in [0.1, 0.15) is 11.6 Å². The first-order valence-electron chi connectivity index (χ1n) is 9.13. The molecule has 0 aromatic heterocycles. The summed E-state index contributed by atoms with van der Waals surface area (Å²) >= 11 is 0. The molecule has 4 nitrogen and oxygen atoms in total. The smallest absolute Gasteiger partial charge is 0.416 e. The zero-order valence-electron chi connectivity index (χ0n) is 15.9. The number of carbonyl (C=O) groups excluding carboxylic acids is 1. The molecule has 1 aliphatic rings. The van der Waals surface area contributed by atoms with Crippen molar-refractivity contribution in [2.45, 2.75) is 11.7 Å². The van der Waals surface area contributed by atoms with Gasteiger partial charge in [-0.2, -0.15) is 13.2 Å². The molecule has 0 bridgehead atoms. The van der Waals surface area contributed by atoms with Gasteiger partial charge in [-0.1, -0.05) is 54.6 Å². The van der Waals surface area contributed by atoms with E-state index in [1.807, 2.05) is 18.2 Å². The van der Waals surface area contributed by atoms with Gasteiger partial charge < -0.3 is 10.1 Å². The molecule has 3 aromatic carbocycles. The van der Waals surface area contributed by atoms with Gasteiger partial charge in [-0.15, -0.1) is 0 Å². The Balaban J connectivity index is 1.89. The second-order valence-corrected chi connectivity index (χ2v) is 6.79. The monoisotopic (exact) mass is 410 g/mol. The molecule has 30 heavy (non-hydrogen) atoms. The Morgan fingerprint density at radius 3 is 1.97 bits per heavy atom. The van der Waals surface area contributed by atoms with Gasteiger partial charge in [0.05, 0.1) is 12.7 Å². The SMILES string of the molecule is COc1ccc([C@@]2(c3ccc(C(F)(F)F)cc3)N=C(c3ccccc3)NC2=O)cc1. The molecule has 0 spiro atoms. The predicted octanol–water partition coefficient (Wildman–Crippen LogP) is 4.53. The number of carbonyl (C=O) groups is 1. The molecular weight excluding hydrogens is 393 g/mol. The normalized spacial score (nSPS) is 18.7. The maximum absolute atomic E-state index is 13.2. The fourth-order valence-corrected chi connectivity index (χ4v) is 3.47. The third-order valence-corrected chi connectivity index (χ3v) is 5.03. The molecule has 7 heteroatoms. The van der Waals surface area contributed by atoms with Crippen molar-refractivity contribution >= 4 is 11.7 Å². The topological polar surface area (TPSA) is 50.7 Å². The van der Waals surface area contributed by atoms with Crippen LogP contribution in [0.2, 0.25) is 0 Å². The zero-order chi connectivity index (χ0) is 21.4. The van der Waals surface area contributed by atoms with Crippen LogP contribution < -0.4 is 10.1 Å². The van der Waals surface area contributed by atoms with Crippen molar-refractivity contribution in [1.29, 1.82) is 0 Å². The van der Waals surface area contributed by atoms with E-state index in [9.17, 15) is 18.0 Å². The molecule has 1 N–H and O–H groups in total. The molecule has 0 saturated heterocycles. The Kier molecular flexibility index (Phi) is 4.81. The van der Waals surface area contributed by atoms with Crippen LogP contribution in [-0.2, 0) is 16.5 Å². The van der Waals surface area contributed by atoms with Crippen molar-refractivity contribution < 1.29 is 22.7 Å². The first-order chi connectivity index (χ1) is 14.3. The lowest BCUT2D eigenvalue weighted by atomic mass is 9.82. The van der Waals surface area contributed by atoms with Crippen molar-refractivity contribution in [2.75, 3.05) is 7.11 Å². The van der Waals surface area contributed by atoms with E-state index in [2.05, 4.69) is 5.32 Å². The molecule has 3 aromatic rings. The number of amides is 1. The van der Waals surface area contributed by atoms with Gasteiger partial charge in [0.15, 0.2) is 5.54 Å². The number of hydrogen-bond donors (Lipinski definition) is 1. The summed E-state index contributed by atoms with van der Waals surface area (Å²) in [5, 5.41) is 2.79. The summed E-state index contributed by atoms with van der Waals surface area (Å²) in [4.78, 5) is 17.9. The summed E-state index contributed by atoms with van der Waals surface area (Å²) < 4.78 is 44.3. The van der Waals surface area contributed by atoms with Crippen LogP contribution in [0.25, 0.3) is 0 Å². The predicted molar refractivity (Wildman–Crippen MR) is 106 cm³/mol. The highest BCUT2D eigenvalue weighted by molar-refractivity contribution is 6.16. The van der Waals surface area contributed by atoms with Crippen LogP contribution >= 0.6 is 0 Å². The van der Waals surface area contributed by atoms with Crippen LogP contribution in [0.3, 0.4) is 0 Å². The van der Waals surface area contributed by atoms with Crippen molar-refractivity contribution in [2.24, 2.45) is 4.99 Å². The van der Waals surface area contributed by atoms with E-state index in [1.54, 1.807) is 36.4 Å². The second-order valence-electron chi connectivity index (χ2n) is 6.79. The van der Waals surface area contributed by atoms with Crippen molar-refractivity contribution in [3.8, 4) is 5.75 Å². The molecule has 1 amide bonds. The molecule has 0 fully saturated rings. The molecule has 4 rings (SSSR count). The number of rotatable bonds is 4. The summed E-state index contributed by atoms with van der Waals surface area (Å²) in [5.41, 5.74) is -0.743. The van der Waals surface area contributed by atoms with Gasteiger partial charge in [0, 0.05) is 5.56 Å². The number of benzene rings is 3. The Labute approximate surface area is 171 Å². The number of aliphatic imine (C=N–C) groups is 1. The Bertz CT molecular complexity index is 1090. The van der Waals surface area contributed by atoms with Gasteiger partial charge in [-0.3, -0.25) is 4.79 Å². The largest absolute Gasteiger partial charge is 0.497 e. The van der Waals surface area contributed by atoms with Crippen LogP contribution in [0.15, 0.2) is 83.9 Å². The Hall–Kier alpha value is -3.61. The second kappa shape index (κ2) is 7.33. The molecule has 0 unspecified atom stereocenters. The van der Waals surface area contributed by atoms with Crippen molar-refractivity contribution in [1.82, 2.24) is 5.32 Å². The first kappa shape index (κ1) is 19.7. The number of alkyl halides is 3. The summed E-state index contributed by atoms with van der Waals surface area (Å²) in [6.45, 7) is 0. The van der Waals surface area contributed by atoms with E-state index in [0.29, 0.717) is 28.3 Å². The van der Waals surface area contributed by atoms with Gasteiger partial charge in [0.2, 0.25) is 0 Å². The number of nitrogens with zero attached hydrogens (tertiary/aromatic N) is 1. The van der Waals surface area contributed by atoms with E-state index < -0.39 is 23.2 Å². The molecular formula is C23H17F3N2O2. The highest BCUT2D eigenvalue weighted by atomic mass is 19.4. The maximum Gasteiger partial charge on any atom is 0.416 e. The van der Waals surface area contributed by atoms with Gasteiger partial charge >= 0.3 is 6.18 Å². The average molecular weight is 410 g/mol. The first-order valence-corrected chi connectivity index (χ1v) is 9.13. The minimum atomic E-state index is -4.47. The van der Waals surface area contributed by atoms with Crippen molar-refractivity contribution in [3.05, 3.63) is 101 Å². The summed E-state index contributed by atoms with van der Waals surface area (Å²) in [6, 6.07) is 20.3. The van der Waals surface area contributed by atoms with Gasteiger partial charge in [-0.05, 0) is 35.4 Å². The lowest BCUT2D eigenvalue weighted by molar-refractivity contribution is -0.137. The van der Waals surface area contributed by atoms with Gasteiger partial charge in [0.25, 0.3) is 5.91 Å². The van der Waals surface area contributed by atoms with Crippen molar-refractivity contribution in [3.63, 3.8) is 0 Å². The van der Waals surface area contributed by atoms with Gasteiger partial charge in [-0.25, -0.2) is 4.99 Å². The third-order valence-electron chi connectivity index (χ3n) is 5.03. The van der Waals surface area contributed by atoms with Crippen LogP contribution in [0, 0.1) is 0 Å². The Morgan fingerprint density at radius 2 is 1.43 bits per heavy atom. The Morgan fingerprint density at radius 1 is 0.867 bits per heavy atom. The summed E-state index contributed by atoms with van der Waals surface area (Å²) in [5.74, 6) is 0.509. The van der Waals surface area contributed by atoms with E-state index in [1.165, 1.54) is 19.2 Å². The quantitative estimate of drug-likeness (QED) is 0.687. The third kappa shape index (κ3) is 3.32. The molecule has 1 heterocycles. The lowest BCUT2D eigenvalue weighted by Gasteiger charge is -2.25. The molecule has 0 saturated carbocycles. The average Bonchev–Trinajstić information content (AvgIpc) is 3.12. The number of halogens is 3. The summed E-state index contributed by atoms with van der Waals surface area (Å²) in [6.07, 6.45) is -4.47. The van der Waals surface area contributed by atoms with E-state index >= 15 is 0 Å². The van der Waals surface area contributed by atoms with Crippen LogP contribution in [0.4, 0.5) is 13.2 Å². The maximum atomic E-state index is 13.2. The number of ether oxygens (including phenoxy) is 1. The van der Waals surface area contributed by atoms with E-state index in [-0.39, 0.29) is 0 Å². The molecule has 0 radical (unpaired) electrons. The standard InChI is InChI=1S/C23H17F3N2O2/c1-30-19-13-11-17(12-14-19)22(16-7-9-18(10-8-16)23(24,25)26)21(29)27-20(28-22)15-5-3-2-4-6-15/h2-14H,1H3,(H,27,28,29)/t22-/m1/s1. The number of nitrogens with one attached hydrogen (secondary N) is 1. The van der Waals surface area contributed by atoms with Crippen LogP contribution in [-0.4, -0.2) is 18.9 Å². The molecule has 1 aliphatic heterocycles. The number of amidine groups is 1. The number of methoxy groups -OCH3 is 1. The number of hydrogen-bond acceptors (Lipinski definition) is 3. The molecule has 0 aliphatic carbocycles. The van der Waals surface area contributed by atoms with E-state index in [0.717, 1.165) is 12.1 Å². The van der Waals surface area contributed by atoms with Crippen LogP contribution in [0.1, 0.15) is 22.3 Å². The highest BCUT2D eigenvalue weighted by Gasteiger charge is 2.47. The fourth-order valence-electron chi connectivity index (χ4n) is 3.47. The minimum absolute atomic E-state index is 0.337.